The summed E-state index contributed by atoms with van der Waals surface area (Å²) in [6, 6.07) is 0. The fourth-order valence-corrected chi connectivity index (χ4v) is 3.07. The number of anilines is 1. The largest absolute Gasteiger partial charge is 0.617 e. The van der Waals surface area contributed by atoms with E-state index in [0.717, 1.165) is 53.3 Å². The molecule has 0 aliphatic carbocycles. The maximum atomic E-state index is 11.1. The Bertz CT molecular complexity index is 621. The number of nitrogen functional groups attached to an aromatic ring is 1. The van der Waals surface area contributed by atoms with E-state index in [1.807, 2.05) is 13.8 Å². The number of fused-ring (bicyclic) bond motifs is 1. The van der Waals surface area contributed by atoms with Crippen molar-refractivity contribution in [2.75, 3.05) is 17.7 Å². The number of nitrogens with zero attached hydrogens (tertiary/aromatic N) is 3. The molecule has 0 aromatic carbocycles. The third kappa shape index (κ3) is 2.91. The zero-order valence-electron chi connectivity index (χ0n) is 12.6. The first-order chi connectivity index (χ1) is 9.41. The first-order valence-electron chi connectivity index (χ1n) is 6.81. The summed E-state index contributed by atoms with van der Waals surface area (Å²) in [5.41, 5.74) is 9.94. The van der Waals surface area contributed by atoms with Crippen molar-refractivity contribution in [3.05, 3.63) is 17.1 Å². The van der Waals surface area contributed by atoms with Crippen molar-refractivity contribution in [1.82, 2.24) is 14.5 Å². The molecule has 0 saturated carbocycles. The third-order valence-electron chi connectivity index (χ3n) is 3.65. The molecule has 1 atom stereocenters. The molecule has 0 radical (unpaired) electrons. The molecule has 6 heteroatoms. The van der Waals surface area contributed by atoms with Crippen molar-refractivity contribution in [1.29, 1.82) is 0 Å². The molecule has 110 valence electrons. The average molecular weight is 294 g/mol. The molecule has 2 aromatic heterocycles. The first-order valence-corrected chi connectivity index (χ1v) is 8.54. The maximum Gasteiger partial charge on any atom is 0.151 e. The van der Waals surface area contributed by atoms with E-state index in [0.29, 0.717) is 5.82 Å². The van der Waals surface area contributed by atoms with Crippen LogP contribution in [0.4, 0.5) is 5.82 Å². The smallest absolute Gasteiger partial charge is 0.151 e. The van der Waals surface area contributed by atoms with E-state index in [2.05, 4.69) is 21.5 Å². The Kier molecular flexibility index (Phi) is 4.55. The summed E-state index contributed by atoms with van der Waals surface area (Å²) in [5, 5.41) is 0. The lowest BCUT2D eigenvalue weighted by molar-refractivity contribution is 0.587. The number of aromatic nitrogens is 3. The lowest BCUT2D eigenvalue weighted by Crippen LogP contribution is -2.07. The molecule has 2 aromatic rings. The molecular formula is C14H22N4OS. The number of hydrogen-bond donors (Lipinski definition) is 1. The Labute approximate surface area is 122 Å². The number of nitrogens with two attached hydrogens (primary N) is 1. The molecule has 0 bridgehead atoms. The average Bonchev–Trinajstić information content (AvgIpc) is 2.70. The molecule has 2 rings (SSSR count). The monoisotopic (exact) mass is 294 g/mol. The van der Waals surface area contributed by atoms with Crippen LogP contribution in [-0.2, 0) is 17.7 Å². The zero-order valence-corrected chi connectivity index (χ0v) is 13.4. The Morgan fingerprint density at radius 2 is 1.90 bits per heavy atom. The maximum absolute atomic E-state index is 11.1. The number of imidazole rings is 1. The second kappa shape index (κ2) is 6.01. The van der Waals surface area contributed by atoms with Gasteiger partial charge in [-0.25, -0.2) is 9.97 Å². The molecule has 5 nitrogen and oxygen atoms in total. The second-order valence-electron chi connectivity index (χ2n) is 5.20. The summed E-state index contributed by atoms with van der Waals surface area (Å²) in [7, 11) is 0. The first kappa shape index (κ1) is 15.1. The normalized spacial score (nSPS) is 13.1. The van der Waals surface area contributed by atoms with Crippen molar-refractivity contribution in [2.24, 2.45) is 0 Å². The van der Waals surface area contributed by atoms with Gasteiger partial charge in [0.1, 0.15) is 17.1 Å². The van der Waals surface area contributed by atoms with Crippen molar-refractivity contribution in [3.63, 3.8) is 0 Å². The molecular weight excluding hydrogens is 272 g/mol. The van der Waals surface area contributed by atoms with Crippen molar-refractivity contribution in [3.8, 4) is 0 Å². The van der Waals surface area contributed by atoms with Gasteiger partial charge in [-0.15, -0.1) is 0 Å². The van der Waals surface area contributed by atoms with Gasteiger partial charge >= 0.3 is 0 Å². The van der Waals surface area contributed by atoms with E-state index < -0.39 is 11.2 Å². The quantitative estimate of drug-likeness (QED) is 0.676. The number of hydrogen-bond acceptors (Lipinski definition) is 4. The summed E-state index contributed by atoms with van der Waals surface area (Å²) < 4.78 is 13.3. The van der Waals surface area contributed by atoms with Gasteiger partial charge in [-0.3, -0.25) is 0 Å². The highest BCUT2D eigenvalue weighted by atomic mass is 32.2. The summed E-state index contributed by atoms with van der Waals surface area (Å²) in [6.45, 7) is 6.90. The highest BCUT2D eigenvalue weighted by Crippen LogP contribution is 2.26. The van der Waals surface area contributed by atoms with Gasteiger partial charge in [0, 0.05) is 12.2 Å². The standard InChI is InChI=1S/C14H22N4OS/c1-9-10(2)16-14(15)12-13(9)18(11(3)17-12)7-5-6-8-20(4)19/h5-8H2,1-4H3,(H2,15,16). The van der Waals surface area contributed by atoms with Crippen LogP contribution in [0.1, 0.15) is 29.9 Å². The highest BCUT2D eigenvalue weighted by Gasteiger charge is 2.15. The van der Waals surface area contributed by atoms with Crippen LogP contribution in [0, 0.1) is 20.8 Å². The van der Waals surface area contributed by atoms with Gasteiger partial charge in [-0.1, -0.05) is 11.2 Å². The van der Waals surface area contributed by atoms with Gasteiger partial charge in [0.2, 0.25) is 0 Å². The zero-order chi connectivity index (χ0) is 14.9. The van der Waals surface area contributed by atoms with Gasteiger partial charge in [-0.2, -0.15) is 0 Å². The number of pyridine rings is 1. The van der Waals surface area contributed by atoms with E-state index in [1.54, 1.807) is 6.26 Å². The van der Waals surface area contributed by atoms with Gasteiger partial charge in [0.05, 0.1) is 11.8 Å². The van der Waals surface area contributed by atoms with Crippen molar-refractivity contribution >= 4 is 28.0 Å². The number of unbranched alkanes of at least 4 members (excludes halogenated alkanes) is 1. The van der Waals surface area contributed by atoms with Crippen LogP contribution >= 0.6 is 0 Å². The minimum atomic E-state index is -0.713. The summed E-state index contributed by atoms with van der Waals surface area (Å²) >= 11 is -0.713. The predicted octanol–water partition coefficient (Wildman–Crippen LogP) is 2.10. The fraction of sp³-hybridized carbons (Fsp3) is 0.571. The summed E-state index contributed by atoms with van der Waals surface area (Å²) in [5.74, 6) is 2.22. The van der Waals surface area contributed by atoms with Crippen LogP contribution in [-0.4, -0.2) is 31.1 Å². The summed E-state index contributed by atoms with van der Waals surface area (Å²) in [6.07, 6.45) is 3.70. The van der Waals surface area contributed by atoms with Gasteiger partial charge < -0.3 is 14.9 Å². The Morgan fingerprint density at radius 1 is 1.20 bits per heavy atom. The highest BCUT2D eigenvalue weighted by molar-refractivity contribution is 7.90. The third-order valence-corrected chi connectivity index (χ3v) is 4.51. The molecule has 0 fully saturated rings. The molecule has 2 heterocycles. The van der Waals surface area contributed by atoms with Crippen LogP contribution in [0.5, 0.6) is 0 Å². The molecule has 0 aliphatic heterocycles. The topological polar surface area (TPSA) is 79.8 Å². The molecule has 0 saturated heterocycles. The Hall–Kier alpha value is -1.27. The molecule has 0 aliphatic rings. The Balaban J connectivity index is 2.31. The lowest BCUT2D eigenvalue weighted by atomic mass is 10.2. The minimum Gasteiger partial charge on any atom is -0.617 e. The van der Waals surface area contributed by atoms with E-state index >= 15 is 0 Å². The van der Waals surface area contributed by atoms with Crippen LogP contribution in [0.15, 0.2) is 0 Å². The minimum absolute atomic E-state index is 0.500. The van der Waals surface area contributed by atoms with Crippen LogP contribution < -0.4 is 5.73 Å². The van der Waals surface area contributed by atoms with Crippen LogP contribution in [0.3, 0.4) is 0 Å². The van der Waals surface area contributed by atoms with Gasteiger partial charge in [-0.05, 0) is 39.2 Å². The molecule has 0 amide bonds. The van der Waals surface area contributed by atoms with Crippen LogP contribution in [0.25, 0.3) is 11.0 Å². The van der Waals surface area contributed by atoms with E-state index in [1.165, 1.54) is 0 Å². The van der Waals surface area contributed by atoms with Gasteiger partial charge in [0.25, 0.3) is 0 Å². The van der Waals surface area contributed by atoms with E-state index in [-0.39, 0.29) is 0 Å². The SMILES string of the molecule is Cc1nc(N)c2nc(C)n(CCCC[S+](C)[O-])c2c1C. The number of aryl methyl sites for hydroxylation is 4. The molecule has 0 spiro atoms. The molecule has 1 unspecified atom stereocenters. The van der Waals surface area contributed by atoms with Crippen molar-refractivity contribution < 1.29 is 4.55 Å². The predicted molar refractivity (Wildman–Crippen MR) is 84.3 cm³/mol. The molecule has 2 N–H and O–H groups in total. The lowest BCUT2D eigenvalue weighted by Gasteiger charge is -2.10. The van der Waals surface area contributed by atoms with Gasteiger partial charge in [0.15, 0.2) is 5.82 Å². The fourth-order valence-electron chi connectivity index (χ4n) is 2.46. The summed E-state index contributed by atoms with van der Waals surface area (Å²) in [4.78, 5) is 8.88. The van der Waals surface area contributed by atoms with Crippen molar-refractivity contribution in [2.45, 2.75) is 40.2 Å². The van der Waals surface area contributed by atoms with E-state index in [9.17, 15) is 4.55 Å². The second-order valence-corrected chi connectivity index (χ2v) is 6.75. The van der Waals surface area contributed by atoms with E-state index in [4.69, 9.17) is 5.73 Å². The van der Waals surface area contributed by atoms with Crippen LogP contribution in [0.2, 0.25) is 0 Å². The Morgan fingerprint density at radius 3 is 2.55 bits per heavy atom. The molecule has 20 heavy (non-hydrogen) atoms. The number of rotatable bonds is 5.